The van der Waals surface area contributed by atoms with Gasteiger partial charge in [0.25, 0.3) is 0 Å². The van der Waals surface area contributed by atoms with Crippen molar-refractivity contribution in [3.05, 3.63) is 131 Å². The average Bonchev–Trinajstić information content (AvgIpc) is 3.05. The first kappa shape index (κ1) is 26.9. The second kappa shape index (κ2) is 10.6. The Morgan fingerprint density at radius 3 is 0.886 bits per heavy atom. The van der Waals surface area contributed by atoms with Gasteiger partial charge in [-0.25, -0.2) is 0 Å². The molecule has 6 heteroatoms. The standard InChI is InChI=1S/C38H20Cl2S4/c39-27-11-3-1-9-21(27)37-23-17-33-35(43-31-15-7-5-13-29(31)41-33)19-25(23)38(22-10-2-4-12-28(22)40)26-20-36-34(18-24(26)37)42-30-14-6-8-16-32(30)44-36/h1-20H. The topological polar surface area (TPSA) is 0 Å². The molecule has 0 aliphatic rings. The number of fused-ring (bicyclic) bond motifs is 6. The van der Waals surface area contributed by atoms with Crippen LogP contribution in [-0.4, -0.2) is 0 Å². The molecule has 7 aromatic carbocycles. The van der Waals surface area contributed by atoms with Crippen molar-refractivity contribution in [2.24, 2.45) is 0 Å². The van der Waals surface area contributed by atoms with Crippen molar-refractivity contribution in [3.8, 4) is 22.3 Å². The number of benzene rings is 7. The molecule has 0 atom stereocenters. The predicted molar refractivity (Wildman–Crippen MR) is 202 cm³/mol. The van der Waals surface area contributed by atoms with Gasteiger partial charge in [0, 0.05) is 58.8 Å². The summed E-state index contributed by atoms with van der Waals surface area (Å²) in [6.45, 7) is 0. The summed E-state index contributed by atoms with van der Waals surface area (Å²) in [5.41, 5.74) is 4.40. The van der Waals surface area contributed by atoms with E-state index < -0.39 is 0 Å². The lowest BCUT2D eigenvalue weighted by Crippen LogP contribution is -1.92. The van der Waals surface area contributed by atoms with Crippen LogP contribution in [0.25, 0.3) is 81.4 Å². The van der Waals surface area contributed by atoms with Gasteiger partial charge in [-0.05, 0) is 93.3 Å². The molecule has 0 nitrogen and oxygen atoms in total. The summed E-state index contributed by atoms with van der Waals surface area (Å²) in [5, 5.41) is 6.22. The highest BCUT2D eigenvalue weighted by molar-refractivity contribution is 7.36. The Kier molecular flexibility index (Phi) is 6.45. The average molecular weight is 676 g/mol. The monoisotopic (exact) mass is 674 g/mol. The molecular formula is C38H20Cl2S4. The molecule has 44 heavy (non-hydrogen) atoms. The van der Waals surface area contributed by atoms with Gasteiger partial charge < -0.3 is 0 Å². The molecule has 0 aliphatic carbocycles. The van der Waals surface area contributed by atoms with E-state index in [2.05, 4.69) is 97.1 Å². The first-order valence-electron chi connectivity index (χ1n) is 14.1. The number of rotatable bonds is 2. The predicted octanol–water partition coefficient (Wildman–Crippen LogP) is 14.6. The van der Waals surface area contributed by atoms with Crippen LogP contribution in [0.2, 0.25) is 10.0 Å². The van der Waals surface area contributed by atoms with Gasteiger partial charge in [0.2, 0.25) is 0 Å². The molecule has 9 rings (SSSR count). The third-order valence-electron chi connectivity index (χ3n) is 8.11. The molecular weight excluding hydrogens is 656 g/mol. The Morgan fingerprint density at radius 1 is 0.318 bits per heavy atom. The molecule has 0 spiro atoms. The van der Waals surface area contributed by atoms with E-state index in [9.17, 15) is 0 Å². The fraction of sp³-hybridized carbons (Fsp3) is 0. The molecule has 0 saturated heterocycles. The van der Waals surface area contributed by atoms with E-state index in [1.807, 2.05) is 69.6 Å². The first-order chi connectivity index (χ1) is 21.6. The highest BCUT2D eigenvalue weighted by Crippen LogP contribution is 2.50. The molecule has 0 saturated carbocycles. The molecule has 0 aliphatic heterocycles. The zero-order chi connectivity index (χ0) is 29.4. The minimum absolute atomic E-state index is 0.746. The molecule has 0 N–H and O–H groups in total. The molecule has 210 valence electrons. The Morgan fingerprint density at radius 2 is 0.591 bits per heavy atom. The molecule has 0 bridgehead atoms. The summed E-state index contributed by atoms with van der Waals surface area (Å²) in [6, 6.07) is 43.3. The van der Waals surface area contributed by atoms with Crippen LogP contribution in [0.15, 0.2) is 121 Å². The zero-order valence-corrected chi connectivity index (χ0v) is 27.7. The van der Waals surface area contributed by atoms with Gasteiger partial charge in [0.05, 0.1) is 0 Å². The fourth-order valence-electron chi connectivity index (χ4n) is 6.18. The van der Waals surface area contributed by atoms with E-state index in [1.165, 1.54) is 59.1 Å². The van der Waals surface area contributed by atoms with E-state index in [4.69, 9.17) is 23.2 Å². The van der Waals surface area contributed by atoms with Crippen LogP contribution in [0.5, 0.6) is 0 Å². The molecule has 2 heterocycles. The van der Waals surface area contributed by atoms with Gasteiger partial charge >= 0.3 is 0 Å². The Bertz CT molecular complexity index is 2330. The summed E-state index contributed by atoms with van der Waals surface area (Å²) in [6.07, 6.45) is 0. The van der Waals surface area contributed by atoms with Crippen molar-refractivity contribution in [2.75, 3.05) is 0 Å². The van der Waals surface area contributed by atoms with Gasteiger partial charge in [-0.15, -0.1) is 45.3 Å². The van der Waals surface area contributed by atoms with Crippen molar-refractivity contribution in [1.82, 2.24) is 0 Å². The number of halogens is 2. The largest absolute Gasteiger partial charge is 0.133 e. The smallest absolute Gasteiger partial charge is 0.0484 e. The molecule has 2 aromatic heterocycles. The van der Waals surface area contributed by atoms with Gasteiger partial charge in [0.15, 0.2) is 0 Å². The fourth-order valence-corrected chi connectivity index (χ4v) is 11.2. The SMILES string of the molecule is Clc1ccccc1-c1c2cc3sc4ccccc4sc3cc2c(-c2ccccc2Cl)c2cc3sc4ccccc4sc3cc12. The molecule has 0 amide bonds. The van der Waals surface area contributed by atoms with E-state index in [0.717, 1.165) is 32.3 Å². The number of hydrogen-bond acceptors (Lipinski definition) is 4. The third-order valence-corrected chi connectivity index (χ3v) is 13.8. The molecule has 0 radical (unpaired) electrons. The molecule has 0 fully saturated rings. The second-order valence-electron chi connectivity index (χ2n) is 10.7. The highest BCUT2D eigenvalue weighted by atomic mass is 35.5. The zero-order valence-electron chi connectivity index (χ0n) is 22.9. The van der Waals surface area contributed by atoms with Gasteiger partial charge in [-0.3, -0.25) is 0 Å². The Labute approximate surface area is 279 Å². The van der Waals surface area contributed by atoms with Gasteiger partial charge in [-0.1, -0.05) is 83.9 Å². The maximum absolute atomic E-state index is 7.02. The van der Waals surface area contributed by atoms with Crippen LogP contribution in [0.4, 0.5) is 0 Å². The summed E-state index contributed by atoms with van der Waals surface area (Å²) in [5.74, 6) is 0. The highest BCUT2D eigenvalue weighted by Gasteiger charge is 2.21. The van der Waals surface area contributed by atoms with Crippen LogP contribution < -0.4 is 0 Å². The van der Waals surface area contributed by atoms with E-state index in [1.54, 1.807) is 0 Å². The van der Waals surface area contributed by atoms with Crippen LogP contribution in [0.3, 0.4) is 0 Å². The van der Waals surface area contributed by atoms with Crippen molar-refractivity contribution in [3.63, 3.8) is 0 Å². The maximum atomic E-state index is 7.02. The van der Waals surface area contributed by atoms with Crippen molar-refractivity contribution in [1.29, 1.82) is 0 Å². The normalized spacial score (nSPS) is 11.9. The number of hydrogen-bond donors (Lipinski definition) is 0. The van der Waals surface area contributed by atoms with Crippen LogP contribution >= 0.6 is 68.5 Å². The maximum Gasteiger partial charge on any atom is 0.0484 e. The first-order valence-corrected chi connectivity index (χ1v) is 18.2. The van der Waals surface area contributed by atoms with Crippen molar-refractivity contribution < 1.29 is 0 Å². The second-order valence-corrected chi connectivity index (χ2v) is 15.8. The minimum Gasteiger partial charge on any atom is -0.133 e. The summed E-state index contributed by atoms with van der Waals surface area (Å²) in [4.78, 5) is 0. The molecule has 0 unspecified atom stereocenters. The Balaban J connectivity index is 1.56. The van der Waals surface area contributed by atoms with Crippen LogP contribution in [0.1, 0.15) is 0 Å². The Hall–Kier alpha value is -3.48. The van der Waals surface area contributed by atoms with Crippen molar-refractivity contribution >= 4 is 128 Å². The minimum atomic E-state index is 0.746. The van der Waals surface area contributed by atoms with E-state index in [0.29, 0.717) is 0 Å². The van der Waals surface area contributed by atoms with Crippen molar-refractivity contribution in [2.45, 2.75) is 0 Å². The van der Waals surface area contributed by atoms with Gasteiger partial charge in [0.1, 0.15) is 0 Å². The lowest BCUT2D eigenvalue weighted by atomic mass is 9.86. The summed E-state index contributed by atoms with van der Waals surface area (Å²) >= 11 is 21.4. The summed E-state index contributed by atoms with van der Waals surface area (Å²) < 4.78 is 10.2. The third kappa shape index (κ3) is 4.28. The van der Waals surface area contributed by atoms with Crippen LogP contribution in [0, 0.1) is 0 Å². The van der Waals surface area contributed by atoms with E-state index >= 15 is 0 Å². The molecule has 9 aromatic rings. The lowest BCUT2D eigenvalue weighted by molar-refractivity contribution is 1.67. The van der Waals surface area contributed by atoms with Gasteiger partial charge in [-0.2, -0.15) is 0 Å². The lowest BCUT2D eigenvalue weighted by Gasteiger charge is -2.20. The van der Waals surface area contributed by atoms with E-state index in [-0.39, 0.29) is 0 Å². The summed E-state index contributed by atoms with van der Waals surface area (Å²) in [7, 11) is 0. The quantitative estimate of drug-likeness (QED) is 0.160. The van der Waals surface area contributed by atoms with Crippen LogP contribution in [-0.2, 0) is 0 Å².